The molecule has 0 aliphatic carbocycles. The summed E-state index contributed by atoms with van der Waals surface area (Å²) in [6, 6.07) is 7.98. The van der Waals surface area contributed by atoms with E-state index < -0.39 is 0 Å². The van der Waals surface area contributed by atoms with Crippen LogP contribution in [0.3, 0.4) is 0 Å². The highest BCUT2D eigenvalue weighted by molar-refractivity contribution is 8.00. The minimum Gasteiger partial charge on any atom is -0.465 e. The lowest BCUT2D eigenvalue weighted by molar-refractivity contribution is -0.139. The van der Waals surface area contributed by atoms with Crippen LogP contribution in [0.25, 0.3) is 0 Å². The van der Waals surface area contributed by atoms with Gasteiger partial charge in [0.05, 0.1) is 34.7 Å². The van der Waals surface area contributed by atoms with Crippen molar-refractivity contribution in [2.45, 2.75) is 19.4 Å². The molecule has 25 heavy (non-hydrogen) atoms. The van der Waals surface area contributed by atoms with E-state index >= 15 is 0 Å². The summed E-state index contributed by atoms with van der Waals surface area (Å²) in [5.41, 5.74) is 0.942. The fraction of sp³-hybridized carbons (Fsp3) is 0.353. The summed E-state index contributed by atoms with van der Waals surface area (Å²) in [4.78, 5) is 26.3. The first-order valence-corrected chi connectivity index (χ1v) is 10.8. The maximum atomic E-state index is 12.7. The Morgan fingerprint density at radius 2 is 2.08 bits per heavy atom. The maximum absolute atomic E-state index is 12.7. The van der Waals surface area contributed by atoms with Gasteiger partial charge < -0.3 is 4.74 Å². The van der Waals surface area contributed by atoms with Crippen molar-refractivity contribution in [1.29, 1.82) is 0 Å². The molecule has 1 amide bonds. The van der Waals surface area contributed by atoms with Crippen LogP contribution in [0.1, 0.15) is 29.1 Å². The number of hydrogen-bond donors (Lipinski definition) is 0. The maximum Gasteiger partial charge on any atom is 0.315 e. The summed E-state index contributed by atoms with van der Waals surface area (Å²) in [5.74, 6) is 0.0130. The van der Waals surface area contributed by atoms with E-state index in [0.29, 0.717) is 6.61 Å². The highest BCUT2D eigenvalue weighted by Gasteiger charge is 2.33. The standard InChI is InChI=1S/C17H18N2O3S3/c1-2-22-17(21)11-23-10-16(20)19-13(15-6-4-8-25-15)9-12(18-19)14-5-3-7-24-14/h3-8,13H,2,9-11H2,1H3. The molecule has 0 spiro atoms. The van der Waals surface area contributed by atoms with E-state index in [4.69, 9.17) is 4.74 Å². The van der Waals surface area contributed by atoms with E-state index in [1.165, 1.54) is 11.8 Å². The predicted molar refractivity (Wildman–Crippen MR) is 103 cm³/mol. The molecule has 0 aromatic carbocycles. The molecule has 8 heteroatoms. The number of esters is 1. The molecule has 1 aliphatic heterocycles. The first-order valence-electron chi connectivity index (χ1n) is 7.89. The minimum absolute atomic E-state index is 0.0622. The first-order chi connectivity index (χ1) is 12.2. The van der Waals surface area contributed by atoms with Crippen molar-refractivity contribution < 1.29 is 14.3 Å². The molecule has 0 radical (unpaired) electrons. The molecule has 1 unspecified atom stereocenters. The van der Waals surface area contributed by atoms with Crippen LogP contribution in [-0.2, 0) is 14.3 Å². The Bertz CT molecular complexity index is 741. The molecule has 2 aromatic heterocycles. The highest BCUT2D eigenvalue weighted by atomic mass is 32.2. The summed E-state index contributed by atoms with van der Waals surface area (Å²) >= 11 is 4.53. The number of thioether (sulfide) groups is 1. The predicted octanol–water partition coefficient (Wildman–Crippen LogP) is 3.78. The van der Waals surface area contributed by atoms with Gasteiger partial charge >= 0.3 is 5.97 Å². The van der Waals surface area contributed by atoms with Crippen molar-refractivity contribution in [2.75, 3.05) is 18.1 Å². The van der Waals surface area contributed by atoms with Crippen LogP contribution >= 0.6 is 34.4 Å². The molecule has 0 saturated heterocycles. The fourth-order valence-corrected chi connectivity index (χ4v) is 4.72. The van der Waals surface area contributed by atoms with Gasteiger partial charge in [0.2, 0.25) is 0 Å². The molecule has 0 bridgehead atoms. The topological polar surface area (TPSA) is 59.0 Å². The van der Waals surface area contributed by atoms with Crippen LogP contribution in [0.4, 0.5) is 0 Å². The van der Waals surface area contributed by atoms with Gasteiger partial charge in [0, 0.05) is 11.3 Å². The summed E-state index contributed by atoms with van der Waals surface area (Å²) in [6.45, 7) is 2.12. The minimum atomic E-state index is -0.292. The molecule has 1 atom stereocenters. The van der Waals surface area contributed by atoms with Gasteiger partial charge in [0.25, 0.3) is 5.91 Å². The van der Waals surface area contributed by atoms with E-state index in [1.54, 1.807) is 34.6 Å². The second kappa shape index (κ2) is 8.64. The number of amides is 1. The van der Waals surface area contributed by atoms with Crippen molar-refractivity contribution in [1.82, 2.24) is 5.01 Å². The summed E-state index contributed by atoms with van der Waals surface area (Å²) < 4.78 is 4.89. The second-order valence-electron chi connectivity index (χ2n) is 5.30. The Kier molecular flexibility index (Phi) is 6.28. The molecule has 2 aromatic rings. The molecule has 1 aliphatic rings. The van der Waals surface area contributed by atoms with Gasteiger partial charge in [-0.15, -0.1) is 34.4 Å². The fourth-order valence-electron chi connectivity index (χ4n) is 2.52. The van der Waals surface area contributed by atoms with Gasteiger partial charge in [-0.2, -0.15) is 5.10 Å². The van der Waals surface area contributed by atoms with E-state index in [9.17, 15) is 9.59 Å². The van der Waals surface area contributed by atoms with Gasteiger partial charge in [0.15, 0.2) is 0 Å². The smallest absolute Gasteiger partial charge is 0.315 e. The Morgan fingerprint density at radius 1 is 1.28 bits per heavy atom. The molecule has 132 valence electrons. The average molecular weight is 395 g/mol. The van der Waals surface area contributed by atoms with Crippen LogP contribution in [0.5, 0.6) is 0 Å². The number of carbonyl (C=O) groups excluding carboxylic acids is 2. The lowest BCUT2D eigenvalue weighted by Crippen LogP contribution is -2.28. The quantitative estimate of drug-likeness (QED) is 0.671. The number of nitrogens with zero attached hydrogens (tertiary/aromatic N) is 2. The van der Waals surface area contributed by atoms with E-state index in [2.05, 4.69) is 5.10 Å². The Morgan fingerprint density at radius 3 is 2.76 bits per heavy atom. The first kappa shape index (κ1) is 18.2. The van der Waals surface area contributed by atoms with E-state index in [0.717, 1.165) is 21.9 Å². The third-order valence-electron chi connectivity index (χ3n) is 3.59. The van der Waals surface area contributed by atoms with Crippen molar-refractivity contribution in [3.8, 4) is 0 Å². The number of hydrogen-bond acceptors (Lipinski definition) is 7. The summed E-state index contributed by atoms with van der Waals surface area (Å²) in [5, 5.41) is 10.2. The van der Waals surface area contributed by atoms with Crippen molar-refractivity contribution in [2.24, 2.45) is 5.10 Å². The van der Waals surface area contributed by atoms with Crippen molar-refractivity contribution in [3.63, 3.8) is 0 Å². The monoisotopic (exact) mass is 394 g/mol. The number of hydrazone groups is 1. The lowest BCUT2D eigenvalue weighted by Gasteiger charge is -2.20. The molecule has 0 N–H and O–H groups in total. The van der Waals surface area contributed by atoms with Crippen LogP contribution in [-0.4, -0.2) is 40.7 Å². The normalized spacial score (nSPS) is 16.8. The molecule has 5 nitrogen and oxygen atoms in total. The SMILES string of the molecule is CCOC(=O)CSCC(=O)N1N=C(c2cccs2)CC1c1cccs1. The van der Waals surface area contributed by atoms with Gasteiger partial charge in [-0.05, 0) is 29.8 Å². The average Bonchev–Trinajstić information content (AvgIpc) is 3.33. The van der Waals surface area contributed by atoms with Crippen molar-refractivity contribution in [3.05, 3.63) is 44.8 Å². The van der Waals surface area contributed by atoms with Gasteiger partial charge in [-0.25, -0.2) is 5.01 Å². The van der Waals surface area contributed by atoms with Gasteiger partial charge in [0.1, 0.15) is 0 Å². The highest BCUT2D eigenvalue weighted by Crippen LogP contribution is 2.36. The third-order valence-corrected chi connectivity index (χ3v) is 6.38. The Labute approximate surface area is 158 Å². The van der Waals surface area contributed by atoms with Gasteiger partial charge in [-0.3, -0.25) is 9.59 Å². The molecular formula is C17H18N2O3S3. The Hall–Kier alpha value is -1.64. The summed E-state index contributed by atoms with van der Waals surface area (Å²) in [7, 11) is 0. The molecular weight excluding hydrogens is 376 g/mol. The van der Waals surface area contributed by atoms with E-state index in [1.807, 2.05) is 35.0 Å². The lowest BCUT2D eigenvalue weighted by atomic mass is 10.1. The zero-order valence-corrected chi connectivity index (χ0v) is 16.2. The molecule has 3 rings (SSSR count). The van der Waals surface area contributed by atoms with Crippen LogP contribution in [0, 0.1) is 0 Å². The number of carbonyl (C=O) groups is 2. The largest absolute Gasteiger partial charge is 0.465 e. The van der Waals surface area contributed by atoms with Crippen LogP contribution < -0.4 is 0 Å². The molecule has 3 heterocycles. The molecule has 0 fully saturated rings. The second-order valence-corrected chi connectivity index (χ2v) is 8.21. The third kappa shape index (κ3) is 4.50. The van der Waals surface area contributed by atoms with Crippen LogP contribution in [0.15, 0.2) is 40.1 Å². The zero-order valence-electron chi connectivity index (χ0n) is 13.7. The number of thiophene rings is 2. The number of rotatable bonds is 7. The van der Waals surface area contributed by atoms with Crippen molar-refractivity contribution >= 4 is 52.0 Å². The summed E-state index contributed by atoms with van der Waals surface area (Å²) in [6.07, 6.45) is 0.718. The Balaban J connectivity index is 1.68. The van der Waals surface area contributed by atoms with Gasteiger partial charge in [-0.1, -0.05) is 12.1 Å². The number of ether oxygens (including phenoxy) is 1. The van der Waals surface area contributed by atoms with E-state index in [-0.39, 0.29) is 29.4 Å². The molecule has 0 saturated carbocycles. The zero-order chi connectivity index (χ0) is 17.6. The van der Waals surface area contributed by atoms with Crippen LogP contribution in [0.2, 0.25) is 0 Å².